The highest BCUT2D eigenvalue weighted by Crippen LogP contribution is 1.85. The van der Waals surface area contributed by atoms with Crippen LogP contribution in [0, 0.1) is 34.3 Å². The molecule has 0 spiro atoms. The number of nitrogens with two attached hydrogens (primary N) is 1. The summed E-state index contributed by atoms with van der Waals surface area (Å²) >= 11 is 0. The highest BCUT2D eigenvalue weighted by atomic mass is 14.9. The van der Waals surface area contributed by atoms with Crippen LogP contribution in [-0.4, -0.2) is 20.4 Å². The van der Waals surface area contributed by atoms with Crippen molar-refractivity contribution in [1.29, 1.82) is 10.5 Å². The lowest BCUT2D eigenvalue weighted by molar-refractivity contribution is -0.664. The van der Waals surface area contributed by atoms with Crippen LogP contribution < -0.4 is 5.32 Å². The van der Waals surface area contributed by atoms with Crippen LogP contribution in [0.4, 0.5) is 0 Å². The maximum absolute atomic E-state index is 7.65. The molecule has 0 fully saturated rings. The van der Waals surface area contributed by atoms with E-state index >= 15 is 0 Å². The van der Waals surface area contributed by atoms with Gasteiger partial charge in [-0.15, -0.1) is 11.9 Å². The molecule has 0 heterocycles. The van der Waals surface area contributed by atoms with Crippen LogP contribution in [0.5, 0.6) is 0 Å². The van der Waals surface area contributed by atoms with E-state index in [1.165, 1.54) is 13.1 Å². The Balaban J connectivity index is 0. The van der Waals surface area contributed by atoms with Crippen molar-refractivity contribution in [3.8, 4) is 11.9 Å². The van der Waals surface area contributed by atoms with E-state index in [0.717, 1.165) is 11.8 Å². The van der Waals surface area contributed by atoms with Crippen LogP contribution >= 0.6 is 0 Å². The van der Waals surface area contributed by atoms with E-state index in [4.69, 9.17) is 10.5 Å². The van der Waals surface area contributed by atoms with Gasteiger partial charge in [-0.25, -0.2) is 10.5 Å². The highest BCUT2D eigenvalue weighted by Gasteiger charge is 1.97. The zero-order valence-electron chi connectivity index (χ0n) is 10.0. The second-order valence-corrected chi connectivity index (χ2v) is 4.24. The van der Waals surface area contributed by atoms with Crippen LogP contribution in [-0.2, 0) is 0 Å². The Labute approximate surface area is 88.4 Å². The van der Waals surface area contributed by atoms with Crippen LogP contribution in [0.3, 0.4) is 0 Å². The molecule has 0 aliphatic rings. The van der Waals surface area contributed by atoms with Crippen molar-refractivity contribution in [3.05, 3.63) is 0 Å². The molecule has 0 aliphatic carbocycles. The number of nitrogens with zero attached hydrogens (tertiary/aromatic N) is 2. The molecule has 0 atom stereocenters. The maximum atomic E-state index is 7.65. The summed E-state index contributed by atoms with van der Waals surface area (Å²) in [5.74, 6) is 5.24. The molecule has 0 aliphatic heterocycles. The van der Waals surface area contributed by atoms with Crippen LogP contribution in [0.2, 0.25) is 0 Å². The fourth-order valence-corrected chi connectivity index (χ4v) is 0.813. The molecule has 0 radical (unpaired) electrons. The van der Waals surface area contributed by atoms with Gasteiger partial charge in [0.05, 0.1) is 13.1 Å². The zero-order valence-corrected chi connectivity index (χ0v) is 10.0. The van der Waals surface area contributed by atoms with Crippen molar-refractivity contribution in [1.82, 2.24) is 0 Å². The van der Waals surface area contributed by atoms with Gasteiger partial charge in [0.25, 0.3) is 0 Å². The molecule has 0 rings (SSSR count). The number of rotatable bonds is 4. The minimum atomic E-state index is -0.861. The summed E-state index contributed by atoms with van der Waals surface area (Å²) in [5.41, 5.74) is 0. The van der Waals surface area contributed by atoms with E-state index in [1.54, 1.807) is 11.9 Å². The molecule has 4 heteroatoms. The van der Waals surface area contributed by atoms with Gasteiger partial charge in [-0.05, 0) is 0 Å². The summed E-state index contributed by atoms with van der Waals surface area (Å²) < 4.78 is 0. The Morgan fingerprint density at radius 3 is 1.50 bits per heavy atom. The Morgan fingerprint density at radius 1 is 1.00 bits per heavy atom. The summed E-state index contributed by atoms with van der Waals surface area (Å²) in [6.07, 6.45) is 0. The number of nitriles is 2. The Morgan fingerprint density at radius 2 is 1.36 bits per heavy atom. The van der Waals surface area contributed by atoms with Crippen molar-refractivity contribution in [3.63, 3.8) is 0 Å². The molecule has 0 amide bonds. The molecule has 0 aromatic heterocycles. The predicted octanol–water partition coefficient (Wildman–Crippen LogP) is -0.0208. The Bertz CT molecular complexity index is 169. The molecule has 0 aromatic carbocycles. The van der Waals surface area contributed by atoms with E-state index < -0.39 is 7.28 Å². The predicted molar refractivity (Wildman–Crippen MR) is 61.1 cm³/mol. The molecule has 0 bridgehead atoms. The van der Waals surface area contributed by atoms with Gasteiger partial charge in [0.1, 0.15) is 0 Å². The van der Waals surface area contributed by atoms with Crippen LogP contribution in [0.25, 0.3) is 0 Å². The fourth-order valence-electron chi connectivity index (χ4n) is 0.813. The summed E-state index contributed by atoms with van der Waals surface area (Å²) in [6.45, 7) is 11.6. The number of hydrogen-bond donors (Lipinski definition) is 1. The first kappa shape index (κ1) is 15.5. The molecular weight excluding hydrogens is 173 g/mol. The van der Waals surface area contributed by atoms with E-state index in [0.29, 0.717) is 0 Å². The fraction of sp³-hybridized carbons (Fsp3) is 0.800. The van der Waals surface area contributed by atoms with E-state index in [9.17, 15) is 0 Å². The summed E-state index contributed by atoms with van der Waals surface area (Å²) in [7, 11) is -0.861. The normalized spacial score (nSPS) is 8.86. The van der Waals surface area contributed by atoms with E-state index in [2.05, 4.69) is 33.0 Å². The first-order chi connectivity index (χ1) is 6.54. The topological polar surface area (TPSA) is 64.2 Å². The van der Waals surface area contributed by atoms with E-state index in [-0.39, 0.29) is 0 Å². The minimum absolute atomic E-state index is 0.837. The van der Waals surface area contributed by atoms with Gasteiger partial charge in [-0.3, -0.25) is 0 Å². The van der Waals surface area contributed by atoms with Crippen LogP contribution in [0.1, 0.15) is 27.7 Å². The smallest absolute Gasteiger partial charge is 0.179 e. The van der Waals surface area contributed by atoms with Crippen molar-refractivity contribution < 1.29 is 5.32 Å². The SMILES string of the molecule is CC(C)C[NH2+]CC(C)C.N#C[BH2-]C#N. The van der Waals surface area contributed by atoms with Crippen molar-refractivity contribution in [2.24, 2.45) is 11.8 Å². The molecule has 0 unspecified atom stereocenters. The lowest BCUT2D eigenvalue weighted by Crippen LogP contribution is -2.86. The molecule has 0 aromatic rings. The standard InChI is InChI=1S/C8H19N.C2H2BN2/c1-7(2)5-9-6-8(3)4;4-1-3-2-5/h7-9H,5-6H2,1-4H3;3H2/q;-1/p+1. The van der Waals surface area contributed by atoms with E-state index in [1.807, 2.05) is 0 Å². The van der Waals surface area contributed by atoms with Crippen LogP contribution in [0.15, 0.2) is 0 Å². The van der Waals surface area contributed by atoms with Gasteiger partial charge in [0, 0.05) is 11.8 Å². The molecule has 0 saturated heterocycles. The monoisotopic (exact) mass is 195 g/mol. The lowest BCUT2D eigenvalue weighted by Gasteiger charge is -2.05. The van der Waals surface area contributed by atoms with Crippen molar-refractivity contribution in [2.75, 3.05) is 13.1 Å². The largest absolute Gasteiger partial charge is 0.346 e. The Kier molecular flexibility index (Phi) is 13.3. The average Bonchev–Trinajstić information content (AvgIpc) is 2.05. The molecular formula is C10H22BN3. The molecule has 2 N–H and O–H groups in total. The summed E-state index contributed by atoms with van der Waals surface area (Å²) in [4.78, 5) is 0. The Hall–Kier alpha value is -0.995. The third-order valence-electron chi connectivity index (χ3n) is 1.50. The third-order valence-corrected chi connectivity index (χ3v) is 1.50. The first-order valence-corrected chi connectivity index (χ1v) is 5.39. The average molecular weight is 195 g/mol. The summed E-state index contributed by atoms with van der Waals surface area (Å²) in [6, 6.07) is 0. The third kappa shape index (κ3) is 22.4. The molecule has 0 saturated carbocycles. The van der Waals surface area contributed by atoms with Gasteiger partial charge >= 0.3 is 0 Å². The van der Waals surface area contributed by atoms with Gasteiger partial charge < -0.3 is 5.32 Å². The molecule has 14 heavy (non-hydrogen) atoms. The number of hydrogen-bond acceptors (Lipinski definition) is 2. The van der Waals surface area contributed by atoms with Gasteiger partial charge in [-0.2, -0.15) is 0 Å². The highest BCUT2D eigenvalue weighted by molar-refractivity contribution is 6.53. The van der Waals surface area contributed by atoms with Gasteiger partial charge in [0.2, 0.25) is 0 Å². The second kappa shape index (κ2) is 12.0. The maximum Gasteiger partial charge on any atom is 0.179 e. The first-order valence-electron chi connectivity index (χ1n) is 5.39. The van der Waals surface area contributed by atoms with Gasteiger partial charge in [-0.1, -0.05) is 27.7 Å². The molecule has 80 valence electrons. The number of quaternary nitrogens is 1. The van der Waals surface area contributed by atoms with Crippen molar-refractivity contribution in [2.45, 2.75) is 27.7 Å². The minimum Gasteiger partial charge on any atom is -0.346 e. The summed E-state index contributed by atoms with van der Waals surface area (Å²) in [5, 5.41) is 17.7. The molecule has 3 nitrogen and oxygen atoms in total. The quantitative estimate of drug-likeness (QED) is 0.640. The lowest BCUT2D eigenvalue weighted by atomic mass is 9.85. The zero-order chi connectivity index (χ0) is 11.4. The van der Waals surface area contributed by atoms with Gasteiger partial charge in [0.15, 0.2) is 7.28 Å². The van der Waals surface area contributed by atoms with Crippen molar-refractivity contribution >= 4 is 7.28 Å². The second-order valence-electron chi connectivity index (χ2n) is 4.24.